The van der Waals surface area contributed by atoms with Crippen LogP contribution in [0.25, 0.3) is 22.2 Å². The molecule has 2 aromatic heterocycles. The zero-order valence-corrected chi connectivity index (χ0v) is 16.1. The van der Waals surface area contributed by atoms with Crippen LogP contribution in [-0.4, -0.2) is 34.3 Å². The van der Waals surface area contributed by atoms with E-state index in [0.717, 1.165) is 5.56 Å². The maximum absolute atomic E-state index is 10.9. The van der Waals surface area contributed by atoms with Crippen LogP contribution in [-0.2, 0) is 6.61 Å². The number of methoxy groups -OCH3 is 2. The molecule has 0 aliphatic carbocycles. The van der Waals surface area contributed by atoms with E-state index in [4.69, 9.17) is 18.7 Å². The Morgan fingerprint density at radius 2 is 1.93 bits per heavy atom. The van der Waals surface area contributed by atoms with E-state index in [1.807, 2.05) is 6.07 Å². The number of aromatic nitrogens is 3. The molecule has 2 heterocycles. The number of ether oxygens (including phenoxy) is 3. The maximum Gasteiger partial charge on any atom is 0.271 e. The number of rotatable bonds is 7. The summed E-state index contributed by atoms with van der Waals surface area (Å²) in [4.78, 5) is 18.6. The highest BCUT2D eigenvalue weighted by Crippen LogP contribution is 2.33. The predicted octanol–water partition coefficient (Wildman–Crippen LogP) is 3.79. The van der Waals surface area contributed by atoms with Gasteiger partial charge in [-0.1, -0.05) is 5.16 Å². The predicted molar refractivity (Wildman–Crippen MR) is 106 cm³/mol. The lowest BCUT2D eigenvalue weighted by molar-refractivity contribution is -0.384. The Labute approximate surface area is 170 Å². The second-order valence-electron chi connectivity index (χ2n) is 6.17. The van der Waals surface area contributed by atoms with Gasteiger partial charge < -0.3 is 18.7 Å². The van der Waals surface area contributed by atoms with E-state index in [1.54, 1.807) is 38.5 Å². The largest absolute Gasteiger partial charge is 0.497 e. The molecule has 152 valence electrons. The minimum atomic E-state index is -0.481. The summed E-state index contributed by atoms with van der Waals surface area (Å²) in [5.74, 6) is 2.02. The van der Waals surface area contributed by atoms with Crippen LogP contribution in [0.15, 0.2) is 53.3 Å². The second kappa shape index (κ2) is 8.03. The van der Waals surface area contributed by atoms with E-state index < -0.39 is 4.92 Å². The summed E-state index contributed by atoms with van der Waals surface area (Å²) in [6.07, 6.45) is 1.29. The van der Waals surface area contributed by atoms with E-state index in [2.05, 4.69) is 15.1 Å². The van der Waals surface area contributed by atoms with Crippen molar-refractivity contribution in [3.05, 3.63) is 64.7 Å². The Kier molecular flexibility index (Phi) is 5.12. The highest BCUT2D eigenvalue weighted by Gasteiger charge is 2.15. The molecular weight excluding hydrogens is 392 g/mol. The summed E-state index contributed by atoms with van der Waals surface area (Å²) in [6, 6.07) is 11.4. The summed E-state index contributed by atoms with van der Waals surface area (Å²) >= 11 is 0. The molecular formula is C20H16N4O6. The van der Waals surface area contributed by atoms with Gasteiger partial charge in [-0.25, -0.2) is 9.97 Å². The number of nitrogens with zero attached hydrogens (tertiary/aromatic N) is 4. The van der Waals surface area contributed by atoms with Gasteiger partial charge >= 0.3 is 0 Å². The van der Waals surface area contributed by atoms with Crippen LogP contribution in [0.3, 0.4) is 0 Å². The van der Waals surface area contributed by atoms with Crippen LogP contribution in [0.2, 0.25) is 0 Å². The van der Waals surface area contributed by atoms with Gasteiger partial charge in [-0.3, -0.25) is 10.1 Å². The summed E-state index contributed by atoms with van der Waals surface area (Å²) < 4.78 is 21.7. The molecule has 0 fully saturated rings. The van der Waals surface area contributed by atoms with Gasteiger partial charge in [0, 0.05) is 29.8 Å². The average molecular weight is 408 g/mol. The van der Waals surface area contributed by atoms with Crippen molar-refractivity contribution in [2.45, 2.75) is 6.61 Å². The van der Waals surface area contributed by atoms with Crippen LogP contribution in [0.5, 0.6) is 17.4 Å². The monoisotopic (exact) mass is 408 g/mol. The van der Waals surface area contributed by atoms with Crippen molar-refractivity contribution in [1.82, 2.24) is 15.1 Å². The third-order valence-corrected chi connectivity index (χ3v) is 4.39. The summed E-state index contributed by atoms with van der Waals surface area (Å²) in [5.41, 5.74) is 1.68. The van der Waals surface area contributed by atoms with Gasteiger partial charge in [0.2, 0.25) is 5.88 Å². The molecule has 0 aliphatic rings. The van der Waals surface area contributed by atoms with E-state index in [0.29, 0.717) is 33.9 Å². The first-order valence-corrected chi connectivity index (χ1v) is 8.79. The van der Waals surface area contributed by atoms with Crippen molar-refractivity contribution in [2.24, 2.45) is 0 Å². The van der Waals surface area contributed by atoms with Gasteiger partial charge in [0.15, 0.2) is 12.4 Å². The van der Waals surface area contributed by atoms with Gasteiger partial charge in [-0.15, -0.1) is 0 Å². The first-order valence-electron chi connectivity index (χ1n) is 8.79. The Morgan fingerprint density at radius 1 is 1.07 bits per heavy atom. The summed E-state index contributed by atoms with van der Waals surface area (Å²) in [5, 5.41) is 15.6. The highest BCUT2D eigenvalue weighted by atomic mass is 16.6. The zero-order valence-electron chi connectivity index (χ0n) is 16.1. The highest BCUT2D eigenvalue weighted by molar-refractivity contribution is 5.85. The Hall–Kier alpha value is -4.21. The molecule has 0 amide bonds. The Bertz CT molecular complexity index is 1220. The van der Waals surface area contributed by atoms with Crippen molar-refractivity contribution in [3.8, 4) is 28.6 Å². The molecule has 10 heteroatoms. The molecule has 0 unspecified atom stereocenters. The molecule has 4 rings (SSSR count). The van der Waals surface area contributed by atoms with Crippen molar-refractivity contribution >= 4 is 16.6 Å². The van der Waals surface area contributed by atoms with Crippen LogP contribution in [0.1, 0.15) is 5.76 Å². The van der Waals surface area contributed by atoms with Gasteiger partial charge in [-0.05, 0) is 18.2 Å². The number of fused-ring (bicyclic) bond motifs is 1. The Morgan fingerprint density at radius 3 is 2.70 bits per heavy atom. The SMILES string of the molecule is COc1ccc(-c2cc(COc3ncnc4cc([N+](=O)[O-])ccc34)on2)c(OC)c1. The van der Waals surface area contributed by atoms with E-state index >= 15 is 0 Å². The van der Waals surface area contributed by atoms with Crippen LogP contribution >= 0.6 is 0 Å². The fraction of sp³-hybridized carbons (Fsp3) is 0.150. The molecule has 2 aromatic carbocycles. The normalized spacial score (nSPS) is 10.7. The first kappa shape index (κ1) is 19.1. The zero-order chi connectivity index (χ0) is 21.1. The number of non-ortho nitro benzene ring substituents is 1. The maximum atomic E-state index is 10.9. The lowest BCUT2D eigenvalue weighted by Gasteiger charge is -2.07. The quantitative estimate of drug-likeness (QED) is 0.332. The molecule has 0 N–H and O–H groups in total. The van der Waals surface area contributed by atoms with Crippen molar-refractivity contribution in [3.63, 3.8) is 0 Å². The van der Waals surface area contributed by atoms with Crippen LogP contribution < -0.4 is 14.2 Å². The number of nitro groups is 1. The molecule has 0 aliphatic heterocycles. The molecule has 0 radical (unpaired) electrons. The van der Waals surface area contributed by atoms with E-state index in [-0.39, 0.29) is 18.2 Å². The molecule has 10 nitrogen and oxygen atoms in total. The molecule has 0 bridgehead atoms. The average Bonchev–Trinajstić information content (AvgIpc) is 3.25. The minimum Gasteiger partial charge on any atom is -0.497 e. The second-order valence-corrected chi connectivity index (χ2v) is 6.17. The number of hydrogen-bond donors (Lipinski definition) is 0. The fourth-order valence-electron chi connectivity index (χ4n) is 2.91. The third-order valence-electron chi connectivity index (χ3n) is 4.39. The van der Waals surface area contributed by atoms with Crippen LogP contribution in [0.4, 0.5) is 5.69 Å². The number of benzene rings is 2. The first-order chi connectivity index (χ1) is 14.6. The number of hydrogen-bond acceptors (Lipinski definition) is 9. The number of nitro benzene ring substituents is 1. The summed E-state index contributed by atoms with van der Waals surface area (Å²) in [7, 11) is 3.14. The third kappa shape index (κ3) is 3.70. The Balaban J connectivity index is 1.55. The van der Waals surface area contributed by atoms with Crippen molar-refractivity contribution in [2.75, 3.05) is 14.2 Å². The van der Waals surface area contributed by atoms with Gasteiger partial charge in [0.1, 0.15) is 23.5 Å². The summed E-state index contributed by atoms with van der Waals surface area (Å²) in [6.45, 7) is 0.0641. The molecule has 4 aromatic rings. The lowest BCUT2D eigenvalue weighted by atomic mass is 10.1. The van der Waals surface area contributed by atoms with Crippen LogP contribution in [0, 0.1) is 10.1 Å². The lowest BCUT2D eigenvalue weighted by Crippen LogP contribution is -1.98. The van der Waals surface area contributed by atoms with Gasteiger partial charge in [-0.2, -0.15) is 0 Å². The van der Waals surface area contributed by atoms with Crippen molar-refractivity contribution in [1.29, 1.82) is 0 Å². The van der Waals surface area contributed by atoms with Crippen molar-refractivity contribution < 1.29 is 23.7 Å². The molecule has 0 saturated carbocycles. The molecule has 0 atom stereocenters. The standard InChI is InChI=1S/C20H16N4O6/c1-27-13-4-6-15(19(9-13)28-2)18-8-14(30-23-18)10-29-20-16-5-3-12(24(25)26)7-17(16)21-11-22-20/h3-9,11H,10H2,1-2H3. The van der Waals surface area contributed by atoms with E-state index in [9.17, 15) is 10.1 Å². The fourth-order valence-corrected chi connectivity index (χ4v) is 2.91. The molecule has 0 spiro atoms. The molecule has 30 heavy (non-hydrogen) atoms. The van der Waals surface area contributed by atoms with Gasteiger partial charge in [0.25, 0.3) is 5.69 Å². The van der Waals surface area contributed by atoms with E-state index in [1.165, 1.54) is 18.5 Å². The molecule has 0 saturated heterocycles. The topological polar surface area (TPSA) is 123 Å². The minimum absolute atomic E-state index is 0.0551. The smallest absolute Gasteiger partial charge is 0.271 e. The van der Waals surface area contributed by atoms with Gasteiger partial charge in [0.05, 0.1) is 30.0 Å².